The average molecular weight is 417 g/mol. The standard InChI is InChI=1S/C20H20FN3O4S/c21-12-6-8-14(9-7-12)22-19(29)24-15-10-26-18-16(11-27-17(15)18)28-20(25)23-13-4-2-1-3-5-13/h1-9,15-18H,10-11H2,(H,23,25)(H2,22,24,29)/t15-,16+,17+,18+/m0/s1. The second kappa shape index (κ2) is 8.73. The molecule has 9 heteroatoms. The van der Waals surface area contributed by atoms with Crippen LogP contribution >= 0.6 is 12.2 Å². The number of amides is 1. The number of ether oxygens (including phenoxy) is 3. The summed E-state index contributed by atoms with van der Waals surface area (Å²) in [7, 11) is 0. The molecule has 3 N–H and O–H groups in total. The Hall–Kier alpha value is -2.75. The first-order valence-corrected chi connectivity index (χ1v) is 9.58. The highest BCUT2D eigenvalue weighted by molar-refractivity contribution is 7.80. The zero-order chi connectivity index (χ0) is 20.2. The Balaban J connectivity index is 1.27. The molecule has 0 aliphatic carbocycles. The van der Waals surface area contributed by atoms with E-state index in [1.807, 2.05) is 18.2 Å². The van der Waals surface area contributed by atoms with Gasteiger partial charge in [0, 0.05) is 11.4 Å². The smallest absolute Gasteiger partial charge is 0.412 e. The molecule has 0 radical (unpaired) electrons. The highest BCUT2D eigenvalue weighted by Gasteiger charge is 2.49. The first-order valence-electron chi connectivity index (χ1n) is 9.17. The zero-order valence-electron chi connectivity index (χ0n) is 15.3. The van der Waals surface area contributed by atoms with Crippen molar-refractivity contribution in [1.29, 1.82) is 0 Å². The van der Waals surface area contributed by atoms with Crippen molar-refractivity contribution in [2.24, 2.45) is 0 Å². The van der Waals surface area contributed by atoms with Crippen LogP contribution in [-0.2, 0) is 14.2 Å². The summed E-state index contributed by atoms with van der Waals surface area (Å²) in [6.45, 7) is 0.606. The van der Waals surface area contributed by atoms with Gasteiger partial charge in [0.05, 0.1) is 19.3 Å². The molecule has 0 aromatic heterocycles. The van der Waals surface area contributed by atoms with E-state index in [9.17, 15) is 9.18 Å². The van der Waals surface area contributed by atoms with Crippen LogP contribution in [0.25, 0.3) is 0 Å². The summed E-state index contributed by atoms with van der Waals surface area (Å²) in [5, 5.41) is 9.19. The predicted molar refractivity (Wildman–Crippen MR) is 109 cm³/mol. The Morgan fingerprint density at radius 1 is 0.966 bits per heavy atom. The summed E-state index contributed by atoms with van der Waals surface area (Å²) in [4.78, 5) is 12.1. The van der Waals surface area contributed by atoms with Crippen LogP contribution in [0.2, 0.25) is 0 Å². The fraction of sp³-hybridized carbons (Fsp3) is 0.300. The molecule has 0 unspecified atom stereocenters. The number of benzene rings is 2. The second-order valence-corrected chi connectivity index (χ2v) is 7.15. The molecule has 152 valence electrons. The number of hydrogen-bond donors (Lipinski definition) is 3. The minimum absolute atomic E-state index is 0.189. The van der Waals surface area contributed by atoms with Crippen molar-refractivity contribution in [1.82, 2.24) is 5.32 Å². The third-order valence-corrected chi connectivity index (χ3v) is 4.93. The van der Waals surface area contributed by atoms with Crippen molar-refractivity contribution in [3.8, 4) is 0 Å². The summed E-state index contributed by atoms with van der Waals surface area (Å²) < 4.78 is 30.1. The van der Waals surface area contributed by atoms with Gasteiger partial charge in [0.2, 0.25) is 0 Å². The number of fused-ring (bicyclic) bond motifs is 1. The number of anilines is 2. The molecule has 4 rings (SSSR count). The first-order chi connectivity index (χ1) is 14.1. The lowest BCUT2D eigenvalue weighted by Gasteiger charge is -2.20. The van der Waals surface area contributed by atoms with Gasteiger partial charge in [-0.25, -0.2) is 9.18 Å². The predicted octanol–water partition coefficient (Wildman–Crippen LogP) is 2.90. The molecule has 0 spiro atoms. The Labute approximate surface area is 172 Å². The normalized spacial score (nSPS) is 25.1. The quantitative estimate of drug-likeness (QED) is 0.660. The molecule has 2 aromatic rings. The molecule has 0 saturated carbocycles. The van der Waals surface area contributed by atoms with Gasteiger partial charge in [0.25, 0.3) is 0 Å². The molecule has 2 heterocycles. The fourth-order valence-electron chi connectivity index (χ4n) is 3.36. The highest BCUT2D eigenvalue weighted by atomic mass is 32.1. The average Bonchev–Trinajstić information content (AvgIpc) is 3.28. The molecular weight excluding hydrogens is 397 g/mol. The van der Waals surface area contributed by atoms with E-state index >= 15 is 0 Å². The topological polar surface area (TPSA) is 80.9 Å². The Bertz CT molecular complexity index is 868. The SMILES string of the molecule is O=C(Nc1ccccc1)O[C@@H]1CO[C@H]2[C@@H]1OC[C@@H]2NC(=S)Nc1ccc(F)cc1. The van der Waals surface area contributed by atoms with Crippen LogP contribution in [0.15, 0.2) is 54.6 Å². The van der Waals surface area contributed by atoms with E-state index in [-0.39, 0.29) is 30.7 Å². The maximum Gasteiger partial charge on any atom is 0.412 e. The molecule has 2 aromatic carbocycles. The van der Waals surface area contributed by atoms with Crippen LogP contribution in [0.5, 0.6) is 0 Å². The van der Waals surface area contributed by atoms with E-state index in [0.717, 1.165) is 0 Å². The first kappa shape index (κ1) is 19.6. The summed E-state index contributed by atoms with van der Waals surface area (Å²) in [6.07, 6.45) is -1.73. The lowest BCUT2D eigenvalue weighted by atomic mass is 10.1. The van der Waals surface area contributed by atoms with E-state index in [0.29, 0.717) is 23.1 Å². The van der Waals surface area contributed by atoms with Gasteiger partial charge in [-0.1, -0.05) is 18.2 Å². The van der Waals surface area contributed by atoms with Gasteiger partial charge in [-0.15, -0.1) is 0 Å². The molecule has 2 fully saturated rings. The molecule has 4 atom stereocenters. The summed E-state index contributed by atoms with van der Waals surface area (Å²) in [5.41, 5.74) is 1.32. The fourth-order valence-corrected chi connectivity index (χ4v) is 3.63. The van der Waals surface area contributed by atoms with Crippen molar-refractivity contribution in [3.63, 3.8) is 0 Å². The summed E-state index contributed by atoms with van der Waals surface area (Å²) in [5.74, 6) is -0.317. The second-order valence-electron chi connectivity index (χ2n) is 6.74. The van der Waals surface area contributed by atoms with E-state index in [2.05, 4.69) is 16.0 Å². The van der Waals surface area contributed by atoms with Crippen LogP contribution < -0.4 is 16.0 Å². The zero-order valence-corrected chi connectivity index (χ0v) is 16.2. The minimum atomic E-state index is -0.557. The molecule has 29 heavy (non-hydrogen) atoms. The third-order valence-electron chi connectivity index (χ3n) is 4.71. The van der Waals surface area contributed by atoms with E-state index in [1.54, 1.807) is 24.3 Å². The Kier molecular flexibility index (Phi) is 5.89. The van der Waals surface area contributed by atoms with Crippen LogP contribution in [0.3, 0.4) is 0 Å². The molecule has 2 aliphatic rings. The van der Waals surface area contributed by atoms with Gasteiger partial charge >= 0.3 is 6.09 Å². The Morgan fingerprint density at radius 2 is 1.66 bits per heavy atom. The van der Waals surface area contributed by atoms with E-state index in [1.165, 1.54) is 12.1 Å². The minimum Gasteiger partial charge on any atom is -0.441 e. The van der Waals surface area contributed by atoms with Crippen molar-refractivity contribution < 1.29 is 23.4 Å². The van der Waals surface area contributed by atoms with Gasteiger partial charge in [0.1, 0.15) is 18.0 Å². The molecular formula is C20H20FN3O4S. The number of nitrogens with one attached hydrogen (secondary N) is 3. The third kappa shape index (κ3) is 4.81. The summed E-state index contributed by atoms with van der Waals surface area (Å²) in [6, 6.07) is 14.8. The van der Waals surface area contributed by atoms with Crippen LogP contribution in [0.4, 0.5) is 20.6 Å². The van der Waals surface area contributed by atoms with Crippen LogP contribution in [0.1, 0.15) is 0 Å². The lowest BCUT2D eigenvalue weighted by molar-refractivity contribution is 0.00880. The largest absolute Gasteiger partial charge is 0.441 e. The molecule has 0 bridgehead atoms. The van der Waals surface area contributed by atoms with E-state index in [4.69, 9.17) is 26.4 Å². The summed E-state index contributed by atoms with van der Waals surface area (Å²) >= 11 is 5.32. The van der Waals surface area contributed by atoms with Crippen LogP contribution in [0, 0.1) is 5.82 Å². The highest BCUT2D eigenvalue weighted by Crippen LogP contribution is 2.29. The number of rotatable bonds is 4. The molecule has 1 amide bonds. The van der Waals surface area contributed by atoms with Crippen molar-refractivity contribution in [2.75, 3.05) is 23.8 Å². The lowest BCUT2D eigenvalue weighted by Crippen LogP contribution is -2.46. The van der Waals surface area contributed by atoms with Crippen molar-refractivity contribution >= 4 is 34.8 Å². The molecule has 2 saturated heterocycles. The number of carbonyl (C=O) groups excluding carboxylic acids is 1. The molecule has 7 nitrogen and oxygen atoms in total. The monoisotopic (exact) mass is 417 g/mol. The van der Waals surface area contributed by atoms with Crippen molar-refractivity contribution in [2.45, 2.75) is 24.4 Å². The maximum atomic E-state index is 13.0. The van der Waals surface area contributed by atoms with Gasteiger partial charge < -0.3 is 24.8 Å². The van der Waals surface area contributed by atoms with Gasteiger partial charge in [-0.05, 0) is 48.6 Å². The van der Waals surface area contributed by atoms with E-state index < -0.39 is 12.2 Å². The number of para-hydroxylation sites is 1. The van der Waals surface area contributed by atoms with Gasteiger partial charge in [0.15, 0.2) is 11.2 Å². The molecule has 2 aliphatic heterocycles. The Morgan fingerprint density at radius 3 is 2.41 bits per heavy atom. The van der Waals surface area contributed by atoms with Gasteiger partial charge in [-0.2, -0.15) is 0 Å². The van der Waals surface area contributed by atoms with Crippen LogP contribution in [-0.4, -0.2) is 48.8 Å². The number of carbonyl (C=O) groups is 1. The number of thiocarbonyl (C=S) groups is 1. The number of hydrogen-bond acceptors (Lipinski definition) is 5. The number of halogens is 1. The van der Waals surface area contributed by atoms with Crippen molar-refractivity contribution in [3.05, 3.63) is 60.4 Å². The maximum absolute atomic E-state index is 13.0. The van der Waals surface area contributed by atoms with Gasteiger partial charge in [-0.3, -0.25) is 5.32 Å².